The van der Waals surface area contributed by atoms with Crippen molar-refractivity contribution in [1.82, 2.24) is 4.90 Å². The van der Waals surface area contributed by atoms with Crippen LogP contribution in [0.5, 0.6) is 0 Å². The average Bonchev–Trinajstić information content (AvgIpc) is 3.13. The summed E-state index contributed by atoms with van der Waals surface area (Å²) >= 11 is 0. The Balaban J connectivity index is 1.66. The minimum atomic E-state index is -0.788. The summed E-state index contributed by atoms with van der Waals surface area (Å²) in [4.78, 5) is 27.8. The molecule has 2 aromatic carbocycles. The van der Waals surface area contributed by atoms with Gasteiger partial charge in [0, 0.05) is 12.6 Å². The molecule has 0 bridgehead atoms. The van der Waals surface area contributed by atoms with Crippen LogP contribution in [0.25, 0.3) is 6.08 Å². The second kappa shape index (κ2) is 8.41. The molecule has 0 saturated carbocycles. The second-order valence-electron chi connectivity index (χ2n) is 8.35. The van der Waals surface area contributed by atoms with Gasteiger partial charge in [-0.25, -0.2) is 0 Å². The molecule has 30 heavy (non-hydrogen) atoms. The number of imide groups is 1. The zero-order chi connectivity index (χ0) is 21.1. The Hall–Kier alpha value is -2.98. The van der Waals surface area contributed by atoms with Crippen LogP contribution < -0.4 is 0 Å². The van der Waals surface area contributed by atoms with E-state index in [2.05, 4.69) is 13.8 Å². The van der Waals surface area contributed by atoms with Gasteiger partial charge in [-0.15, -0.1) is 0 Å². The standard InChI is InChI=1S/C26H27NO3/c1-19(2)17-26(22-11-7-4-8-12-22)24-21(18-30-26)15-16-27(25(24)29)23(28)14-13-20-9-5-3-6-10-20/h3-14,19H,15-18H2,1-2H3. The Labute approximate surface area is 177 Å². The predicted molar refractivity (Wildman–Crippen MR) is 117 cm³/mol. The third-order valence-electron chi connectivity index (χ3n) is 5.77. The Bertz CT molecular complexity index is 991. The van der Waals surface area contributed by atoms with Crippen molar-refractivity contribution < 1.29 is 14.3 Å². The second-order valence-corrected chi connectivity index (χ2v) is 8.35. The number of nitrogens with zero attached hydrogens (tertiary/aromatic N) is 1. The van der Waals surface area contributed by atoms with Gasteiger partial charge < -0.3 is 4.74 Å². The number of rotatable bonds is 5. The summed E-state index contributed by atoms with van der Waals surface area (Å²) in [6.45, 7) is 5.10. The van der Waals surface area contributed by atoms with Crippen LogP contribution in [-0.4, -0.2) is 29.9 Å². The van der Waals surface area contributed by atoms with Crippen molar-refractivity contribution >= 4 is 17.9 Å². The van der Waals surface area contributed by atoms with Gasteiger partial charge in [-0.3, -0.25) is 14.5 Å². The van der Waals surface area contributed by atoms with Gasteiger partial charge in [0.2, 0.25) is 0 Å². The van der Waals surface area contributed by atoms with E-state index in [0.717, 1.165) is 16.7 Å². The summed E-state index contributed by atoms with van der Waals surface area (Å²) < 4.78 is 6.36. The summed E-state index contributed by atoms with van der Waals surface area (Å²) in [6.07, 6.45) is 4.60. The number of hydrogen-bond donors (Lipinski definition) is 0. The van der Waals surface area contributed by atoms with Crippen molar-refractivity contribution in [3.05, 3.63) is 89.0 Å². The molecule has 4 nitrogen and oxygen atoms in total. The molecule has 0 aromatic heterocycles. The van der Waals surface area contributed by atoms with E-state index < -0.39 is 5.60 Å². The molecule has 2 aliphatic heterocycles. The maximum Gasteiger partial charge on any atom is 0.259 e. The SMILES string of the molecule is CC(C)CC1(c2ccccc2)OCC2=C1C(=O)N(C(=O)C=Cc1ccccc1)CC2. The van der Waals surface area contributed by atoms with Gasteiger partial charge in [0.1, 0.15) is 5.60 Å². The van der Waals surface area contributed by atoms with E-state index in [0.29, 0.717) is 37.5 Å². The maximum absolute atomic E-state index is 13.6. The first kappa shape index (κ1) is 20.3. The number of amides is 2. The minimum absolute atomic E-state index is 0.221. The number of benzene rings is 2. The predicted octanol–water partition coefficient (Wildman–Crippen LogP) is 4.73. The molecule has 2 heterocycles. The zero-order valence-corrected chi connectivity index (χ0v) is 17.5. The molecule has 0 radical (unpaired) electrons. The molecule has 0 N–H and O–H groups in total. The Morgan fingerprint density at radius 2 is 1.77 bits per heavy atom. The highest BCUT2D eigenvalue weighted by Crippen LogP contribution is 2.48. The fourth-order valence-corrected chi connectivity index (χ4v) is 4.47. The van der Waals surface area contributed by atoms with E-state index in [1.165, 1.54) is 11.0 Å². The molecule has 4 rings (SSSR count). The van der Waals surface area contributed by atoms with Gasteiger partial charge in [-0.1, -0.05) is 74.5 Å². The molecule has 2 amide bonds. The zero-order valence-electron chi connectivity index (χ0n) is 17.5. The summed E-state index contributed by atoms with van der Waals surface area (Å²) in [6, 6.07) is 19.6. The first-order valence-electron chi connectivity index (χ1n) is 10.5. The van der Waals surface area contributed by atoms with Gasteiger partial charge in [-0.05, 0) is 41.5 Å². The van der Waals surface area contributed by atoms with E-state index in [4.69, 9.17) is 4.74 Å². The van der Waals surface area contributed by atoms with Gasteiger partial charge in [0.05, 0.1) is 12.2 Å². The summed E-state index contributed by atoms with van der Waals surface area (Å²) in [5.41, 5.74) is 2.81. The topological polar surface area (TPSA) is 46.6 Å². The normalized spacial score (nSPS) is 21.6. The van der Waals surface area contributed by atoms with E-state index in [1.807, 2.05) is 60.7 Å². The molecule has 1 unspecified atom stereocenters. The number of carbonyl (C=O) groups is 2. The third kappa shape index (κ3) is 3.75. The van der Waals surface area contributed by atoms with Crippen molar-refractivity contribution in [2.75, 3.05) is 13.2 Å². The first-order valence-corrected chi connectivity index (χ1v) is 10.5. The third-order valence-corrected chi connectivity index (χ3v) is 5.77. The van der Waals surface area contributed by atoms with Crippen molar-refractivity contribution in [3.8, 4) is 0 Å². The molecule has 2 aromatic rings. The molecule has 0 saturated heterocycles. The highest BCUT2D eigenvalue weighted by Gasteiger charge is 2.50. The molecular formula is C26H27NO3. The molecule has 0 fully saturated rings. The van der Waals surface area contributed by atoms with Crippen molar-refractivity contribution in [1.29, 1.82) is 0 Å². The molecule has 2 aliphatic rings. The monoisotopic (exact) mass is 401 g/mol. The highest BCUT2D eigenvalue weighted by atomic mass is 16.5. The molecular weight excluding hydrogens is 374 g/mol. The summed E-state index contributed by atoms with van der Waals surface area (Å²) in [7, 11) is 0. The van der Waals surface area contributed by atoms with Gasteiger partial charge in [0.25, 0.3) is 11.8 Å². The summed E-state index contributed by atoms with van der Waals surface area (Å²) in [5.74, 6) is -0.177. The van der Waals surface area contributed by atoms with Crippen LogP contribution in [-0.2, 0) is 19.9 Å². The van der Waals surface area contributed by atoms with E-state index in [-0.39, 0.29) is 11.8 Å². The highest BCUT2D eigenvalue weighted by molar-refractivity contribution is 6.11. The van der Waals surface area contributed by atoms with Crippen molar-refractivity contribution in [2.45, 2.75) is 32.3 Å². The van der Waals surface area contributed by atoms with Crippen LogP contribution in [0, 0.1) is 5.92 Å². The Kier molecular flexibility index (Phi) is 5.69. The molecule has 1 atom stereocenters. The first-order chi connectivity index (χ1) is 14.5. The van der Waals surface area contributed by atoms with Gasteiger partial charge >= 0.3 is 0 Å². The van der Waals surface area contributed by atoms with Gasteiger partial charge in [-0.2, -0.15) is 0 Å². The average molecular weight is 402 g/mol. The van der Waals surface area contributed by atoms with Crippen LogP contribution in [0.2, 0.25) is 0 Å². The lowest BCUT2D eigenvalue weighted by molar-refractivity contribution is -0.141. The van der Waals surface area contributed by atoms with Crippen LogP contribution in [0.4, 0.5) is 0 Å². The molecule has 0 aliphatic carbocycles. The minimum Gasteiger partial charge on any atom is -0.361 e. The van der Waals surface area contributed by atoms with Crippen molar-refractivity contribution in [3.63, 3.8) is 0 Å². The Morgan fingerprint density at radius 1 is 1.10 bits per heavy atom. The van der Waals surface area contributed by atoms with E-state index in [9.17, 15) is 9.59 Å². The van der Waals surface area contributed by atoms with E-state index in [1.54, 1.807) is 6.08 Å². The number of hydrogen-bond acceptors (Lipinski definition) is 3. The molecule has 4 heteroatoms. The van der Waals surface area contributed by atoms with Crippen LogP contribution >= 0.6 is 0 Å². The lowest BCUT2D eigenvalue weighted by Crippen LogP contribution is -2.45. The maximum atomic E-state index is 13.6. The summed E-state index contributed by atoms with van der Waals surface area (Å²) in [5, 5.41) is 0. The van der Waals surface area contributed by atoms with Crippen molar-refractivity contribution in [2.24, 2.45) is 5.92 Å². The lowest BCUT2D eigenvalue weighted by atomic mass is 9.77. The fraction of sp³-hybridized carbons (Fsp3) is 0.308. The number of carbonyl (C=O) groups excluding carboxylic acids is 2. The lowest BCUT2D eigenvalue weighted by Gasteiger charge is -2.36. The van der Waals surface area contributed by atoms with Crippen LogP contribution in [0.3, 0.4) is 0 Å². The molecule has 154 valence electrons. The Morgan fingerprint density at radius 3 is 2.43 bits per heavy atom. The smallest absolute Gasteiger partial charge is 0.259 e. The van der Waals surface area contributed by atoms with E-state index >= 15 is 0 Å². The van der Waals surface area contributed by atoms with Crippen LogP contribution in [0.1, 0.15) is 37.8 Å². The fourth-order valence-electron chi connectivity index (χ4n) is 4.47. The number of ether oxygens (including phenoxy) is 1. The van der Waals surface area contributed by atoms with Crippen LogP contribution in [0.15, 0.2) is 77.9 Å². The molecule has 0 spiro atoms. The quantitative estimate of drug-likeness (QED) is 0.681. The van der Waals surface area contributed by atoms with Gasteiger partial charge in [0.15, 0.2) is 0 Å². The largest absolute Gasteiger partial charge is 0.361 e.